The molecule has 9 heteroatoms. The second kappa shape index (κ2) is 7.04. The maximum atomic E-state index is 12.5. The Hall–Kier alpha value is -0.360. The summed E-state index contributed by atoms with van der Waals surface area (Å²) in [5, 5.41) is 81.4. The number of piperidine rings is 2. The van der Waals surface area contributed by atoms with Crippen LogP contribution in [-0.4, -0.2) is 107 Å². The third-order valence-electron chi connectivity index (χ3n) is 12.8. The lowest BCUT2D eigenvalue weighted by Gasteiger charge is -2.63. The number of aliphatic hydroxyl groups excluding tert-OH is 4. The molecule has 4 bridgehead atoms. The number of rotatable bonds is 0. The van der Waals surface area contributed by atoms with Gasteiger partial charge in [-0.15, -0.1) is 0 Å². The van der Waals surface area contributed by atoms with Gasteiger partial charge in [-0.2, -0.15) is 0 Å². The van der Waals surface area contributed by atoms with Crippen LogP contribution in [0.25, 0.3) is 0 Å². The molecule has 0 aromatic heterocycles. The summed E-state index contributed by atoms with van der Waals surface area (Å²) in [5.74, 6) is -4.29. The Labute approximate surface area is 212 Å². The van der Waals surface area contributed by atoms with E-state index in [1.54, 1.807) is 6.92 Å². The Morgan fingerprint density at radius 3 is 2.39 bits per heavy atom. The average Bonchev–Trinajstić information content (AvgIpc) is 3.08. The second-order valence-electron chi connectivity index (χ2n) is 14.2. The minimum Gasteiger partial charge on any atom is -0.393 e. The lowest BCUT2D eigenvalue weighted by atomic mass is 9.49. The van der Waals surface area contributed by atoms with E-state index in [1.807, 2.05) is 6.92 Å². The minimum absolute atomic E-state index is 0.130. The molecule has 9 nitrogen and oxygen atoms in total. The Balaban J connectivity index is 1.37. The number of ether oxygens (including phenoxy) is 1. The molecule has 3 aliphatic heterocycles. The summed E-state index contributed by atoms with van der Waals surface area (Å²) < 4.78 is 6.51. The van der Waals surface area contributed by atoms with E-state index >= 15 is 0 Å². The van der Waals surface area contributed by atoms with Gasteiger partial charge in [0.15, 0.2) is 5.79 Å². The Kier molecular flexibility index (Phi) is 4.82. The fourth-order valence-electron chi connectivity index (χ4n) is 11.4. The molecule has 3 saturated heterocycles. The maximum absolute atomic E-state index is 12.5. The highest BCUT2D eigenvalue weighted by molar-refractivity contribution is 5.33. The van der Waals surface area contributed by atoms with Gasteiger partial charge in [-0.25, -0.2) is 0 Å². The van der Waals surface area contributed by atoms with Crippen molar-refractivity contribution in [1.82, 2.24) is 4.90 Å². The first-order chi connectivity index (χ1) is 16.7. The predicted octanol–water partition coefficient (Wildman–Crippen LogP) is -0.814. The zero-order chi connectivity index (χ0) is 25.8. The van der Waals surface area contributed by atoms with Gasteiger partial charge in [-0.05, 0) is 63.2 Å². The average molecular weight is 510 g/mol. The second-order valence-corrected chi connectivity index (χ2v) is 14.2. The van der Waals surface area contributed by atoms with Crippen LogP contribution in [0.3, 0.4) is 0 Å². The summed E-state index contributed by atoms with van der Waals surface area (Å²) in [6.07, 6.45) is -1.92. The molecule has 0 radical (unpaired) electrons. The molecule has 0 aromatic carbocycles. The van der Waals surface area contributed by atoms with Gasteiger partial charge in [0, 0.05) is 42.3 Å². The number of nitrogens with zero attached hydrogens (tertiary/aromatic N) is 1. The highest BCUT2D eigenvalue weighted by Crippen LogP contribution is 2.76. The molecule has 16 atom stereocenters. The van der Waals surface area contributed by atoms with E-state index in [2.05, 4.69) is 11.8 Å². The molecular weight excluding hydrogens is 466 g/mol. The maximum Gasteiger partial charge on any atom is 0.196 e. The van der Waals surface area contributed by atoms with Crippen molar-refractivity contribution in [3.05, 3.63) is 0 Å². The lowest BCUT2D eigenvalue weighted by Crippen LogP contribution is -2.76. The van der Waals surface area contributed by atoms with Crippen LogP contribution in [0.2, 0.25) is 0 Å². The van der Waals surface area contributed by atoms with E-state index < -0.39 is 76.1 Å². The quantitative estimate of drug-likeness (QED) is 0.222. The van der Waals surface area contributed by atoms with Crippen LogP contribution < -0.4 is 0 Å². The highest BCUT2D eigenvalue weighted by Gasteiger charge is 2.86. The summed E-state index contributed by atoms with van der Waals surface area (Å²) >= 11 is 0. The normalized spacial score (nSPS) is 68.0. The van der Waals surface area contributed by atoms with E-state index in [4.69, 9.17) is 4.74 Å². The summed E-state index contributed by atoms with van der Waals surface area (Å²) in [5.41, 5.74) is -4.88. The van der Waals surface area contributed by atoms with Crippen molar-refractivity contribution in [1.29, 1.82) is 0 Å². The number of hydrogen-bond donors (Lipinski definition) is 7. The van der Waals surface area contributed by atoms with E-state index in [-0.39, 0.29) is 18.4 Å². The minimum atomic E-state index is -1.85. The molecule has 0 aromatic rings. The van der Waals surface area contributed by atoms with E-state index in [0.717, 1.165) is 19.4 Å². The fraction of sp³-hybridized carbons (Fsp3) is 1.00. The van der Waals surface area contributed by atoms with Crippen LogP contribution in [0.5, 0.6) is 0 Å². The van der Waals surface area contributed by atoms with Crippen molar-refractivity contribution in [3.63, 3.8) is 0 Å². The molecule has 3 heterocycles. The van der Waals surface area contributed by atoms with Crippen molar-refractivity contribution in [3.8, 4) is 0 Å². The van der Waals surface area contributed by atoms with Crippen molar-refractivity contribution < 1.29 is 40.5 Å². The molecule has 0 amide bonds. The van der Waals surface area contributed by atoms with Gasteiger partial charge < -0.3 is 40.5 Å². The smallest absolute Gasteiger partial charge is 0.196 e. The Morgan fingerprint density at radius 2 is 1.67 bits per heavy atom. The summed E-state index contributed by atoms with van der Waals surface area (Å²) in [6.45, 7) is 7.40. The summed E-state index contributed by atoms with van der Waals surface area (Å²) in [7, 11) is 0. The first-order valence-corrected chi connectivity index (χ1v) is 14.1. The van der Waals surface area contributed by atoms with Crippen molar-refractivity contribution in [2.45, 2.75) is 112 Å². The van der Waals surface area contributed by atoms with Gasteiger partial charge in [0.05, 0.1) is 23.4 Å². The van der Waals surface area contributed by atoms with E-state index in [9.17, 15) is 35.7 Å². The topological polar surface area (TPSA) is 154 Å². The molecule has 7 rings (SSSR count). The zero-order valence-corrected chi connectivity index (χ0v) is 21.5. The van der Waals surface area contributed by atoms with Crippen molar-refractivity contribution in [2.75, 3.05) is 13.1 Å². The van der Waals surface area contributed by atoms with Gasteiger partial charge in [-0.1, -0.05) is 13.8 Å². The number of fused-ring (bicyclic) bond motifs is 5. The van der Waals surface area contributed by atoms with Gasteiger partial charge >= 0.3 is 0 Å². The monoisotopic (exact) mass is 509 g/mol. The molecular formula is C27H43NO8. The molecule has 5 unspecified atom stereocenters. The lowest BCUT2D eigenvalue weighted by molar-refractivity contribution is -0.295. The van der Waals surface area contributed by atoms with Crippen LogP contribution in [0, 0.1) is 40.9 Å². The van der Waals surface area contributed by atoms with Crippen molar-refractivity contribution >= 4 is 0 Å². The van der Waals surface area contributed by atoms with Gasteiger partial charge in [0.2, 0.25) is 0 Å². The molecule has 7 N–H and O–H groups in total. The first-order valence-electron chi connectivity index (χ1n) is 14.1. The number of hydrogen-bond acceptors (Lipinski definition) is 9. The molecule has 204 valence electrons. The molecule has 4 saturated carbocycles. The summed E-state index contributed by atoms with van der Waals surface area (Å²) in [6, 6.07) is -0.130. The largest absolute Gasteiger partial charge is 0.393 e. The standard InChI is InChI=1S/C27H43NO8/c1-12-4-5-17-24(3,33)19-13(11-28(17)10-12)14-9-25-21(26(14,34)22(32)20(19)31)15(29)8-16-23(25,2)7-6-18(30)27(16,35)36-25/h12-22,29-35H,4-11H2,1-3H3/t12-,13?,14-,15+,16-,17?,18-,19?,20?,21+,22-,23-,24?,25+,26-,27-/m0/s1. The molecule has 1 spiro atoms. The van der Waals surface area contributed by atoms with Crippen LogP contribution >= 0.6 is 0 Å². The van der Waals surface area contributed by atoms with Crippen molar-refractivity contribution in [2.24, 2.45) is 40.9 Å². The first kappa shape index (κ1) is 24.7. The fourth-order valence-corrected chi connectivity index (χ4v) is 11.4. The van der Waals surface area contributed by atoms with Gasteiger partial charge in [0.1, 0.15) is 17.8 Å². The van der Waals surface area contributed by atoms with E-state index in [1.165, 1.54) is 0 Å². The SMILES string of the molecule is C[C@H]1CCC2N(CC3C(C(O)[C@H](O)[C@]4(O)[C@H]3C[C@@]35O[C@@]6(O)[C@@H](C[C@@H](O)[C@@H]43)[C@]5(C)CC[C@@H]6O)C2(C)O)C1. The van der Waals surface area contributed by atoms with Gasteiger partial charge in [-0.3, -0.25) is 4.90 Å². The third-order valence-corrected chi connectivity index (χ3v) is 12.8. The molecule has 7 aliphatic rings. The van der Waals surface area contributed by atoms with E-state index in [0.29, 0.717) is 31.7 Å². The third kappa shape index (κ3) is 2.46. The predicted molar refractivity (Wildman–Crippen MR) is 126 cm³/mol. The van der Waals surface area contributed by atoms with Crippen LogP contribution in [0.4, 0.5) is 0 Å². The Morgan fingerprint density at radius 1 is 0.944 bits per heavy atom. The Bertz CT molecular complexity index is 964. The molecule has 4 aliphatic carbocycles. The molecule has 7 fully saturated rings. The van der Waals surface area contributed by atoms with Crippen LogP contribution in [0.1, 0.15) is 59.3 Å². The highest BCUT2D eigenvalue weighted by atomic mass is 16.7. The van der Waals surface area contributed by atoms with Crippen LogP contribution in [0.15, 0.2) is 0 Å². The van der Waals surface area contributed by atoms with Gasteiger partial charge in [0.25, 0.3) is 0 Å². The summed E-state index contributed by atoms with van der Waals surface area (Å²) in [4.78, 5) is 2.30. The molecule has 36 heavy (non-hydrogen) atoms. The zero-order valence-electron chi connectivity index (χ0n) is 21.5. The number of aliphatic hydroxyl groups is 7. The van der Waals surface area contributed by atoms with Crippen LogP contribution in [-0.2, 0) is 4.74 Å².